The third kappa shape index (κ3) is 2.71. The van der Waals surface area contributed by atoms with Gasteiger partial charge < -0.3 is 11.5 Å². The number of hydrogen-bond donors (Lipinski definition) is 2. The highest BCUT2D eigenvalue weighted by Gasteiger charge is 2.55. The van der Waals surface area contributed by atoms with E-state index >= 15 is 0 Å². The normalized spacial score (nSPS) is 30.8. The Kier molecular flexibility index (Phi) is 4.38. The lowest BCUT2D eigenvalue weighted by Gasteiger charge is -2.26. The molecule has 4 nitrogen and oxygen atoms in total. The highest BCUT2D eigenvalue weighted by molar-refractivity contribution is 6.30. The number of benzene rings is 1. The van der Waals surface area contributed by atoms with Crippen molar-refractivity contribution in [3.63, 3.8) is 0 Å². The van der Waals surface area contributed by atoms with Crippen LogP contribution in [0.2, 0.25) is 5.02 Å². The molecule has 2 aliphatic rings. The van der Waals surface area contributed by atoms with Gasteiger partial charge in [0.25, 0.3) is 5.91 Å². The molecule has 2 bridgehead atoms. The number of aliphatic imine (C=N–C) groups is 1. The van der Waals surface area contributed by atoms with Gasteiger partial charge in [-0.25, -0.2) is 4.39 Å². The third-order valence-corrected chi connectivity index (χ3v) is 5.57. The van der Waals surface area contributed by atoms with Gasteiger partial charge in [0.15, 0.2) is 5.96 Å². The molecule has 128 valence electrons. The van der Waals surface area contributed by atoms with Crippen LogP contribution < -0.4 is 11.5 Å². The van der Waals surface area contributed by atoms with Crippen molar-refractivity contribution in [2.75, 3.05) is 0 Å². The maximum absolute atomic E-state index is 13.5. The predicted molar refractivity (Wildman–Crippen MR) is 92.9 cm³/mol. The molecule has 5 atom stereocenters. The van der Waals surface area contributed by atoms with Crippen molar-refractivity contribution < 1.29 is 9.18 Å². The molecule has 0 radical (unpaired) electrons. The second kappa shape index (κ2) is 6.20. The lowest BCUT2D eigenvalue weighted by molar-refractivity contribution is -0.122. The van der Waals surface area contributed by atoms with Crippen LogP contribution in [-0.4, -0.2) is 11.9 Å². The molecule has 2 aliphatic carbocycles. The molecule has 3 rings (SSSR count). The molecule has 24 heavy (non-hydrogen) atoms. The molecular weight excluding hydrogens is 329 g/mol. The lowest BCUT2D eigenvalue weighted by atomic mass is 9.78. The van der Waals surface area contributed by atoms with Gasteiger partial charge in [-0.1, -0.05) is 43.7 Å². The number of allylic oxidation sites excluding steroid dienone is 2. The van der Waals surface area contributed by atoms with Crippen molar-refractivity contribution in [2.24, 2.45) is 46.0 Å². The van der Waals surface area contributed by atoms with Crippen LogP contribution in [0.25, 0.3) is 0 Å². The van der Waals surface area contributed by atoms with Gasteiger partial charge in [-0.3, -0.25) is 4.79 Å². The molecule has 0 aromatic heterocycles. The molecule has 0 spiro atoms. The molecule has 0 saturated heterocycles. The number of hydrogen-bond acceptors (Lipinski definition) is 1. The average molecular weight is 350 g/mol. The van der Waals surface area contributed by atoms with Crippen molar-refractivity contribution in [2.45, 2.75) is 19.8 Å². The number of nitrogens with zero attached hydrogens (tertiary/aromatic N) is 1. The Morgan fingerprint density at radius 2 is 1.92 bits per heavy atom. The van der Waals surface area contributed by atoms with E-state index in [1.807, 2.05) is 0 Å². The molecule has 1 saturated carbocycles. The Bertz CT molecular complexity index is 727. The number of rotatable bonds is 3. The minimum atomic E-state index is -0.466. The van der Waals surface area contributed by atoms with Crippen molar-refractivity contribution in [3.8, 4) is 0 Å². The van der Waals surface area contributed by atoms with Gasteiger partial charge in [-0.05, 0) is 41.4 Å². The molecule has 1 aromatic carbocycles. The fraction of sp³-hybridized carbons (Fsp3) is 0.444. The first-order valence-electron chi connectivity index (χ1n) is 8.08. The largest absolute Gasteiger partial charge is 0.370 e. The van der Waals surface area contributed by atoms with Crippen LogP contribution >= 0.6 is 11.6 Å². The minimum absolute atomic E-state index is 0.0633. The van der Waals surface area contributed by atoms with Gasteiger partial charge in [0.05, 0.1) is 10.9 Å². The Morgan fingerprint density at radius 1 is 1.25 bits per heavy atom. The quantitative estimate of drug-likeness (QED) is 0.500. The molecule has 0 aliphatic heterocycles. The molecule has 0 heterocycles. The van der Waals surface area contributed by atoms with Gasteiger partial charge >= 0.3 is 0 Å². The summed E-state index contributed by atoms with van der Waals surface area (Å²) in [6, 6.07) is 4.66. The number of carbonyl (C=O) groups is 1. The molecule has 6 heteroatoms. The summed E-state index contributed by atoms with van der Waals surface area (Å²) < 4.78 is 13.5. The zero-order valence-corrected chi connectivity index (χ0v) is 14.4. The van der Waals surface area contributed by atoms with Crippen molar-refractivity contribution >= 4 is 23.5 Å². The number of nitrogens with two attached hydrogens (primary N) is 2. The summed E-state index contributed by atoms with van der Waals surface area (Å²) in [4.78, 5) is 16.4. The molecule has 1 fully saturated rings. The van der Waals surface area contributed by atoms with Gasteiger partial charge in [0, 0.05) is 5.92 Å². The Morgan fingerprint density at radius 3 is 2.50 bits per heavy atom. The van der Waals surface area contributed by atoms with Crippen LogP contribution in [0.3, 0.4) is 0 Å². The van der Waals surface area contributed by atoms with Crippen LogP contribution in [0.5, 0.6) is 0 Å². The van der Waals surface area contributed by atoms with E-state index in [1.165, 1.54) is 6.07 Å². The molecule has 1 aromatic rings. The lowest BCUT2D eigenvalue weighted by Crippen LogP contribution is -2.30. The maximum atomic E-state index is 13.5. The fourth-order valence-corrected chi connectivity index (χ4v) is 4.71. The third-order valence-electron chi connectivity index (χ3n) is 5.28. The topological polar surface area (TPSA) is 81.5 Å². The number of fused-ring (bicyclic) bond motifs is 2. The molecule has 4 N–H and O–H groups in total. The second-order valence-corrected chi connectivity index (χ2v) is 7.37. The standard InChI is InChI=1S/C18H21ClFN3O/c1-8(2)14-10-4-5-11(14)16(17(24)23-18(21)22)15(10)9-3-6-13(20)12(19)7-9/h3-8,10-11,14-16H,1-2H3,(H4,21,22,23,24)/t10?,11?,14?,15-,16-/m1/s1. The van der Waals surface area contributed by atoms with Crippen LogP contribution in [0.4, 0.5) is 4.39 Å². The average Bonchev–Trinajstić information content (AvgIpc) is 3.05. The second-order valence-electron chi connectivity index (χ2n) is 6.96. The van der Waals surface area contributed by atoms with Crippen molar-refractivity contribution in [1.29, 1.82) is 0 Å². The Balaban J connectivity index is 2.06. The van der Waals surface area contributed by atoms with Crippen LogP contribution in [0.1, 0.15) is 25.3 Å². The molecular formula is C18H21ClFN3O. The van der Waals surface area contributed by atoms with Gasteiger partial charge in [-0.2, -0.15) is 4.99 Å². The van der Waals surface area contributed by atoms with E-state index < -0.39 is 5.82 Å². The SMILES string of the molecule is CC(C)C1C2C=CC1[C@@H](c1ccc(F)c(Cl)c1)[C@@H]2C(=O)N=C(N)N. The zero-order chi connectivity index (χ0) is 17.6. The van der Waals surface area contributed by atoms with Crippen molar-refractivity contribution in [3.05, 3.63) is 46.8 Å². The number of halogens is 2. The summed E-state index contributed by atoms with van der Waals surface area (Å²) in [6.07, 6.45) is 4.26. The minimum Gasteiger partial charge on any atom is -0.370 e. The summed E-state index contributed by atoms with van der Waals surface area (Å²) in [7, 11) is 0. The monoisotopic (exact) mass is 349 g/mol. The zero-order valence-electron chi connectivity index (χ0n) is 13.6. The van der Waals surface area contributed by atoms with E-state index in [1.54, 1.807) is 12.1 Å². The summed E-state index contributed by atoms with van der Waals surface area (Å²) in [6.45, 7) is 4.31. The van der Waals surface area contributed by atoms with Crippen molar-refractivity contribution in [1.82, 2.24) is 0 Å². The summed E-state index contributed by atoms with van der Waals surface area (Å²) >= 11 is 5.96. The van der Waals surface area contributed by atoms with E-state index in [4.69, 9.17) is 23.1 Å². The number of amides is 1. The smallest absolute Gasteiger partial charge is 0.253 e. The summed E-state index contributed by atoms with van der Waals surface area (Å²) in [5.74, 6) is -0.443. The molecule has 1 amide bonds. The summed E-state index contributed by atoms with van der Waals surface area (Å²) in [5.41, 5.74) is 11.7. The maximum Gasteiger partial charge on any atom is 0.253 e. The van der Waals surface area contributed by atoms with E-state index in [9.17, 15) is 9.18 Å². The van der Waals surface area contributed by atoms with Gasteiger partial charge in [0.2, 0.25) is 0 Å². The Hall–Kier alpha value is -1.88. The first-order valence-corrected chi connectivity index (χ1v) is 8.45. The van der Waals surface area contributed by atoms with E-state index in [0.29, 0.717) is 11.8 Å². The van der Waals surface area contributed by atoms with Gasteiger partial charge in [-0.15, -0.1) is 0 Å². The van der Waals surface area contributed by atoms with Crippen LogP contribution in [0, 0.1) is 35.4 Å². The summed E-state index contributed by atoms with van der Waals surface area (Å²) in [5, 5.41) is 0.0633. The number of guanidine groups is 1. The van der Waals surface area contributed by atoms with Crippen LogP contribution in [0.15, 0.2) is 35.3 Å². The first-order chi connectivity index (χ1) is 11.3. The van der Waals surface area contributed by atoms with E-state index in [-0.39, 0.29) is 40.6 Å². The fourth-order valence-electron chi connectivity index (χ4n) is 4.53. The Labute approximate surface area is 145 Å². The first kappa shape index (κ1) is 17.0. The highest BCUT2D eigenvalue weighted by atomic mass is 35.5. The predicted octanol–water partition coefficient (Wildman–Crippen LogP) is 3.07. The highest BCUT2D eigenvalue weighted by Crippen LogP contribution is 2.59. The van der Waals surface area contributed by atoms with E-state index in [2.05, 4.69) is 31.0 Å². The van der Waals surface area contributed by atoms with Gasteiger partial charge in [0.1, 0.15) is 5.82 Å². The molecule has 3 unspecified atom stereocenters. The number of carbonyl (C=O) groups excluding carboxylic acids is 1. The van der Waals surface area contributed by atoms with Crippen LogP contribution in [-0.2, 0) is 4.79 Å². The van der Waals surface area contributed by atoms with E-state index in [0.717, 1.165) is 5.56 Å².